The Bertz CT molecular complexity index is 658. The monoisotopic (exact) mass is 298 g/mol. The molecule has 1 aromatic rings. The van der Waals surface area contributed by atoms with Crippen LogP contribution < -0.4 is 10.1 Å². The summed E-state index contributed by atoms with van der Waals surface area (Å²) in [5.74, 6) is 0.514. The molecule has 1 fully saturated rings. The molecule has 1 aromatic carbocycles. The van der Waals surface area contributed by atoms with Crippen LogP contribution in [0, 0.1) is 5.82 Å². The predicted molar refractivity (Wildman–Crippen MR) is 73.5 cm³/mol. The zero-order valence-corrected chi connectivity index (χ0v) is 11.6. The third-order valence-corrected chi connectivity index (χ3v) is 5.11. The number of hydrogen-bond acceptors (Lipinski definition) is 5. The van der Waals surface area contributed by atoms with Gasteiger partial charge in [-0.05, 0) is 18.6 Å². The first-order chi connectivity index (χ1) is 9.55. The molecule has 1 atom stereocenters. The largest absolute Gasteiger partial charge is 0.488 e. The Hall–Kier alpha value is -1.63. The van der Waals surface area contributed by atoms with Crippen molar-refractivity contribution < 1.29 is 17.5 Å². The maximum Gasteiger partial charge on any atom is 0.154 e. The fourth-order valence-electron chi connectivity index (χ4n) is 2.43. The minimum absolute atomic E-state index is 0.0111. The third kappa shape index (κ3) is 2.63. The van der Waals surface area contributed by atoms with Gasteiger partial charge in [-0.25, -0.2) is 12.8 Å². The number of ether oxygens (including phenoxy) is 1. The van der Waals surface area contributed by atoms with Crippen LogP contribution in [0.25, 0.3) is 0 Å². The van der Waals surface area contributed by atoms with Crippen LogP contribution in [0.3, 0.4) is 0 Å². The van der Waals surface area contributed by atoms with Crippen molar-refractivity contribution in [2.45, 2.75) is 12.5 Å². The molecular formula is C13H15FN2O3S. The number of aliphatic imine (C=N–C) groups is 1. The zero-order valence-electron chi connectivity index (χ0n) is 10.8. The van der Waals surface area contributed by atoms with Crippen LogP contribution in [-0.2, 0) is 9.84 Å². The van der Waals surface area contributed by atoms with Crippen molar-refractivity contribution >= 4 is 15.7 Å². The highest BCUT2D eigenvalue weighted by atomic mass is 32.2. The molecule has 0 spiro atoms. The van der Waals surface area contributed by atoms with Gasteiger partial charge in [-0.15, -0.1) is 0 Å². The first kappa shape index (κ1) is 13.4. The van der Waals surface area contributed by atoms with Crippen LogP contribution in [0.15, 0.2) is 23.2 Å². The molecule has 2 heterocycles. The van der Waals surface area contributed by atoms with Gasteiger partial charge in [-0.2, -0.15) is 0 Å². The highest BCUT2D eigenvalue weighted by Gasteiger charge is 2.30. The molecule has 0 bridgehead atoms. The van der Waals surface area contributed by atoms with Gasteiger partial charge >= 0.3 is 0 Å². The summed E-state index contributed by atoms with van der Waals surface area (Å²) in [6.07, 6.45) is 0.0283. The normalized spacial score (nSPS) is 24.2. The molecule has 0 radical (unpaired) electrons. The Balaban J connectivity index is 1.88. The maximum absolute atomic E-state index is 14.0. The van der Waals surface area contributed by atoms with E-state index in [2.05, 4.69) is 10.3 Å². The predicted octanol–water partition coefficient (Wildman–Crippen LogP) is 0.741. The third-order valence-electron chi connectivity index (χ3n) is 3.37. The summed E-state index contributed by atoms with van der Waals surface area (Å²) in [4.78, 5) is 4.20. The molecule has 7 heteroatoms. The smallest absolute Gasteiger partial charge is 0.154 e. The van der Waals surface area contributed by atoms with Gasteiger partial charge in [0.15, 0.2) is 9.84 Å². The van der Waals surface area contributed by atoms with Gasteiger partial charge in [0, 0.05) is 6.54 Å². The van der Waals surface area contributed by atoms with E-state index in [1.165, 1.54) is 6.07 Å². The van der Waals surface area contributed by atoms with E-state index in [-0.39, 0.29) is 17.1 Å². The summed E-state index contributed by atoms with van der Waals surface area (Å²) in [7, 11) is -3.02. The van der Waals surface area contributed by atoms with Crippen LogP contribution in [0.5, 0.6) is 5.75 Å². The summed E-state index contributed by atoms with van der Waals surface area (Å²) in [6, 6.07) is 4.54. The molecule has 0 aliphatic carbocycles. The van der Waals surface area contributed by atoms with Gasteiger partial charge in [0.1, 0.15) is 23.5 Å². The van der Waals surface area contributed by atoms with Gasteiger partial charge < -0.3 is 10.1 Å². The molecule has 108 valence electrons. The first-order valence-corrected chi connectivity index (χ1v) is 8.31. The fourth-order valence-corrected chi connectivity index (χ4v) is 4.02. The Kier molecular flexibility index (Phi) is 3.37. The SMILES string of the molecule is O=S1(=O)CCC(Oc2cccc(F)c2C2=NCCN2)C1. The number of halogens is 1. The van der Waals surface area contributed by atoms with Crippen LogP contribution >= 0.6 is 0 Å². The van der Waals surface area contributed by atoms with E-state index in [0.717, 1.165) is 0 Å². The molecule has 5 nitrogen and oxygen atoms in total. The average molecular weight is 298 g/mol. The lowest BCUT2D eigenvalue weighted by Gasteiger charge is -2.16. The standard InChI is InChI=1S/C13H15FN2O3S/c14-10-2-1-3-11(12(10)13-15-5-6-16-13)19-9-4-7-20(17,18)8-9/h1-3,9H,4-8H2,(H,15,16). The van der Waals surface area contributed by atoms with Crippen molar-refractivity contribution in [1.82, 2.24) is 5.32 Å². The van der Waals surface area contributed by atoms with Crippen molar-refractivity contribution in [1.29, 1.82) is 0 Å². The van der Waals surface area contributed by atoms with E-state index >= 15 is 0 Å². The molecule has 20 heavy (non-hydrogen) atoms. The number of rotatable bonds is 3. The summed E-state index contributed by atoms with van der Waals surface area (Å²) in [6.45, 7) is 1.27. The van der Waals surface area contributed by atoms with Gasteiger partial charge in [0.2, 0.25) is 0 Å². The second-order valence-electron chi connectivity index (χ2n) is 4.91. The van der Waals surface area contributed by atoms with Crippen molar-refractivity contribution in [2.24, 2.45) is 4.99 Å². The van der Waals surface area contributed by atoms with E-state index in [9.17, 15) is 12.8 Å². The van der Waals surface area contributed by atoms with Crippen molar-refractivity contribution in [2.75, 3.05) is 24.6 Å². The fraction of sp³-hybridized carbons (Fsp3) is 0.462. The Morgan fingerprint density at radius 2 is 2.25 bits per heavy atom. The Labute approximate surface area is 116 Å². The highest BCUT2D eigenvalue weighted by molar-refractivity contribution is 7.91. The molecule has 1 saturated heterocycles. The van der Waals surface area contributed by atoms with Crippen LogP contribution in [0.1, 0.15) is 12.0 Å². The van der Waals surface area contributed by atoms with Gasteiger partial charge in [-0.1, -0.05) is 6.07 Å². The van der Waals surface area contributed by atoms with Crippen LogP contribution in [0.2, 0.25) is 0 Å². The molecule has 2 aliphatic rings. The molecule has 3 rings (SSSR count). The lowest BCUT2D eigenvalue weighted by atomic mass is 10.1. The maximum atomic E-state index is 14.0. The quantitative estimate of drug-likeness (QED) is 0.894. The van der Waals surface area contributed by atoms with E-state index in [1.807, 2.05) is 0 Å². The van der Waals surface area contributed by atoms with Crippen molar-refractivity contribution in [3.8, 4) is 5.75 Å². The van der Waals surface area contributed by atoms with E-state index in [0.29, 0.717) is 31.1 Å². The minimum Gasteiger partial charge on any atom is -0.488 e. The van der Waals surface area contributed by atoms with Gasteiger partial charge in [0.05, 0.1) is 23.6 Å². The lowest BCUT2D eigenvalue weighted by Crippen LogP contribution is -2.24. The van der Waals surface area contributed by atoms with E-state index in [1.54, 1.807) is 12.1 Å². The number of benzene rings is 1. The number of hydrogen-bond donors (Lipinski definition) is 1. The van der Waals surface area contributed by atoms with Gasteiger partial charge in [0.25, 0.3) is 0 Å². The molecule has 2 aliphatic heterocycles. The van der Waals surface area contributed by atoms with E-state index < -0.39 is 21.8 Å². The van der Waals surface area contributed by atoms with Gasteiger partial charge in [-0.3, -0.25) is 4.99 Å². The van der Waals surface area contributed by atoms with E-state index in [4.69, 9.17) is 4.74 Å². The summed E-state index contributed by atoms with van der Waals surface area (Å²) in [5, 5.41) is 3.01. The molecule has 0 amide bonds. The summed E-state index contributed by atoms with van der Waals surface area (Å²) in [5.41, 5.74) is 0.286. The van der Waals surface area contributed by atoms with Crippen LogP contribution in [-0.4, -0.2) is 45.0 Å². The second kappa shape index (κ2) is 5.05. The minimum atomic E-state index is -3.02. The topological polar surface area (TPSA) is 67.8 Å². The summed E-state index contributed by atoms with van der Waals surface area (Å²) < 4.78 is 42.6. The van der Waals surface area contributed by atoms with Crippen LogP contribution in [0.4, 0.5) is 4.39 Å². The average Bonchev–Trinajstić information content (AvgIpc) is 2.99. The Morgan fingerprint density at radius 1 is 1.40 bits per heavy atom. The second-order valence-corrected chi connectivity index (χ2v) is 7.14. The summed E-state index contributed by atoms with van der Waals surface area (Å²) >= 11 is 0. The van der Waals surface area contributed by atoms with Crippen molar-refractivity contribution in [3.63, 3.8) is 0 Å². The molecule has 1 N–H and O–H groups in total. The number of nitrogens with one attached hydrogen (secondary N) is 1. The Morgan fingerprint density at radius 3 is 2.90 bits per heavy atom. The molecule has 1 unspecified atom stereocenters. The first-order valence-electron chi connectivity index (χ1n) is 6.49. The zero-order chi connectivity index (χ0) is 14.2. The lowest BCUT2D eigenvalue weighted by molar-refractivity contribution is 0.227. The number of sulfone groups is 1. The van der Waals surface area contributed by atoms with Crippen molar-refractivity contribution in [3.05, 3.63) is 29.6 Å². The molecular weight excluding hydrogens is 283 g/mol. The highest BCUT2D eigenvalue weighted by Crippen LogP contribution is 2.26. The molecule has 0 saturated carbocycles. The number of nitrogens with zero attached hydrogens (tertiary/aromatic N) is 1. The number of amidine groups is 1. The molecule has 0 aromatic heterocycles.